The molecule has 0 saturated carbocycles. The van der Waals surface area contributed by atoms with Crippen LogP contribution in [0.15, 0.2) is 18.2 Å². The van der Waals surface area contributed by atoms with Crippen LogP contribution in [-0.2, 0) is 0 Å². The SMILES string of the molecule is CC.CC.Cc1cccc(OC(C)C)n1. The molecule has 2 heteroatoms. The fraction of sp³-hybridized carbons (Fsp3) is 0.615. The van der Waals surface area contributed by atoms with E-state index in [1.54, 1.807) is 0 Å². The predicted molar refractivity (Wildman–Crippen MR) is 67.4 cm³/mol. The van der Waals surface area contributed by atoms with E-state index in [0.29, 0.717) is 5.88 Å². The first kappa shape index (κ1) is 16.4. The summed E-state index contributed by atoms with van der Waals surface area (Å²) in [7, 11) is 0. The van der Waals surface area contributed by atoms with Crippen molar-refractivity contribution in [3.63, 3.8) is 0 Å². The number of ether oxygens (including phenoxy) is 1. The number of pyridine rings is 1. The molecule has 0 aliphatic rings. The highest BCUT2D eigenvalue weighted by Gasteiger charge is 1.96. The average molecular weight is 211 g/mol. The summed E-state index contributed by atoms with van der Waals surface area (Å²) in [6.45, 7) is 13.9. The van der Waals surface area contributed by atoms with Crippen LogP contribution < -0.4 is 4.74 Å². The minimum absolute atomic E-state index is 0.198. The zero-order valence-electron chi connectivity index (χ0n) is 11.2. The molecule has 0 unspecified atom stereocenters. The normalized spacial score (nSPS) is 8.27. The third-order valence-electron chi connectivity index (χ3n) is 1.22. The van der Waals surface area contributed by atoms with Gasteiger partial charge in [0.2, 0.25) is 5.88 Å². The summed E-state index contributed by atoms with van der Waals surface area (Å²) in [4.78, 5) is 4.19. The Kier molecular flexibility index (Phi) is 12.0. The molecule has 1 heterocycles. The Bertz CT molecular complexity index is 234. The quantitative estimate of drug-likeness (QED) is 0.730. The van der Waals surface area contributed by atoms with Gasteiger partial charge in [0.25, 0.3) is 0 Å². The number of aromatic nitrogens is 1. The summed E-state index contributed by atoms with van der Waals surface area (Å²) >= 11 is 0. The maximum atomic E-state index is 5.38. The van der Waals surface area contributed by atoms with Gasteiger partial charge in [-0.2, -0.15) is 0 Å². The average Bonchev–Trinajstić information content (AvgIpc) is 2.23. The molecule has 0 radical (unpaired) electrons. The Morgan fingerprint density at radius 2 is 1.60 bits per heavy atom. The Balaban J connectivity index is 0. The predicted octanol–water partition coefficient (Wildman–Crippen LogP) is 4.23. The van der Waals surface area contributed by atoms with Crippen molar-refractivity contribution in [1.29, 1.82) is 0 Å². The first-order valence-corrected chi connectivity index (χ1v) is 5.79. The molecule has 2 nitrogen and oxygen atoms in total. The van der Waals surface area contributed by atoms with E-state index in [-0.39, 0.29) is 6.10 Å². The molecule has 1 aromatic rings. The van der Waals surface area contributed by atoms with Crippen molar-refractivity contribution in [2.45, 2.75) is 54.6 Å². The fourth-order valence-corrected chi connectivity index (χ4v) is 0.825. The highest BCUT2D eigenvalue weighted by molar-refractivity contribution is 5.14. The molecule has 0 amide bonds. The molecule has 0 aliphatic heterocycles. The first-order chi connectivity index (χ1) is 7.18. The molecule has 1 aromatic heterocycles. The standard InChI is InChI=1S/C9H13NO.2C2H6/c1-7(2)11-9-6-4-5-8(3)10-9;2*1-2/h4-7H,1-3H3;2*1-2H3. The van der Waals surface area contributed by atoms with Crippen LogP contribution in [0.5, 0.6) is 5.88 Å². The second-order valence-corrected chi connectivity index (χ2v) is 2.78. The van der Waals surface area contributed by atoms with Crippen molar-refractivity contribution < 1.29 is 4.74 Å². The van der Waals surface area contributed by atoms with Crippen molar-refractivity contribution in [3.8, 4) is 5.88 Å². The minimum Gasteiger partial charge on any atom is -0.475 e. The van der Waals surface area contributed by atoms with Gasteiger partial charge in [0, 0.05) is 11.8 Å². The summed E-state index contributed by atoms with van der Waals surface area (Å²) in [6.07, 6.45) is 0.198. The molecule has 1 rings (SSSR count). The van der Waals surface area contributed by atoms with Gasteiger partial charge in [-0.05, 0) is 26.8 Å². The van der Waals surface area contributed by atoms with Crippen LogP contribution in [0.1, 0.15) is 47.2 Å². The zero-order chi connectivity index (χ0) is 12.3. The second kappa shape index (κ2) is 11.0. The molecule has 0 aromatic carbocycles. The van der Waals surface area contributed by atoms with Crippen LogP contribution in [0.25, 0.3) is 0 Å². The topological polar surface area (TPSA) is 22.1 Å². The van der Waals surface area contributed by atoms with E-state index in [9.17, 15) is 0 Å². The number of nitrogens with zero attached hydrogens (tertiary/aromatic N) is 1. The van der Waals surface area contributed by atoms with E-state index in [1.165, 1.54) is 0 Å². The van der Waals surface area contributed by atoms with Gasteiger partial charge >= 0.3 is 0 Å². The maximum Gasteiger partial charge on any atom is 0.213 e. The Hall–Kier alpha value is -1.05. The second-order valence-electron chi connectivity index (χ2n) is 2.78. The molecular weight excluding hydrogens is 186 g/mol. The molecule has 88 valence electrons. The minimum atomic E-state index is 0.198. The summed E-state index contributed by atoms with van der Waals surface area (Å²) in [5.41, 5.74) is 0.989. The van der Waals surface area contributed by atoms with E-state index < -0.39 is 0 Å². The molecule has 0 aliphatic carbocycles. The maximum absolute atomic E-state index is 5.38. The highest BCUT2D eigenvalue weighted by Crippen LogP contribution is 2.08. The van der Waals surface area contributed by atoms with Gasteiger partial charge in [-0.1, -0.05) is 33.8 Å². The van der Waals surface area contributed by atoms with E-state index in [4.69, 9.17) is 4.74 Å². The molecule has 0 fully saturated rings. The van der Waals surface area contributed by atoms with Gasteiger partial charge in [0.05, 0.1) is 6.10 Å². The fourth-order valence-electron chi connectivity index (χ4n) is 0.825. The monoisotopic (exact) mass is 211 g/mol. The van der Waals surface area contributed by atoms with Crippen LogP contribution in [0.3, 0.4) is 0 Å². The highest BCUT2D eigenvalue weighted by atomic mass is 16.5. The Morgan fingerprint density at radius 1 is 1.07 bits per heavy atom. The Labute approximate surface area is 94.7 Å². The summed E-state index contributed by atoms with van der Waals surface area (Å²) < 4.78 is 5.38. The largest absolute Gasteiger partial charge is 0.475 e. The third kappa shape index (κ3) is 9.26. The van der Waals surface area contributed by atoms with Gasteiger partial charge in [-0.3, -0.25) is 0 Å². The van der Waals surface area contributed by atoms with Crippen LogP contribution in [-0.4, -0.2) is 11.1 Å². The van der Waals surface area contributed by atoms with Crippen LogP contribution in [0.4, 0.5) is 0 Å². The lowest BCUT2D eigenvalue weighted by Gasteiger charge is -2.07. The lowest BCUT2D eigenvalue weighted by molar-refractivity contribution is 0.232. The van der Waals surface area contributed by atoms with E-state index in [1.807, 2.05) is 66.7 Å². The lowest BCUT2D eigenvalue weighted by atomic mass is 10.4. The van der Waals surface area contributed by atoms with E-state index >= 15 is 0 Å². The molecule has 0 spiro atoms. The number of aryl methyl sites for hydroxylation is 1. The molecule has 15 heavy (non-hydrogen) atoms. The van der Waals surface area contributed by atoms with E-state index in [0.717, 1.165) is 5.69 Å². The van der Waals surface area contributed by atoms with Crippen molar-refractivity contribution in [1.82, 2.24) is 4.98 Å². The van der Waals surface area contributed by atoms with Crippen LogP contribution >= 0.6 is 0 Å². The van der Waals surface area contributed by atoms with Crippen molar-refractivity contribution in [2.24, 2.45) is 0 Å². The number of hydrogen-bond donors (Lipinski definition) is 0. The van der Waals surface area contributed by atoms with Gasteiger partial charge in [-0.15, -0.1) is 0 Å². The molecule has 0 atom stereocenters. The Morgan fingerprint density at radius 3 is 2.00 bits per heavy atom. The van der Waals surface area contributed by atoms with Crippen LogP contribution in [0.2, 0.25) is 0 Å². The van der Waals surface area contributed by atoms with Gasteiger partial charge < -0.3 is 4.74 Å². The summed E-state index contributed by atoms with van der Waals surface area (Å²) in [5.74, 6) is 0.708. The van der Waals surface area contributed by atoms with Crippen molar-refractivity contribution in [2.75, 3.05) is 0 Å². The van der Waals surface area contributed by atoms with Gasteiger partial charge in [0.15, 0.2) is 0 Å². The van der Waals surface area contributed by atoms with Crippen LogP contribution in [0, 0.1) is 6.92 Å². The third-order valence-corrected chi connectivity index (χ3v) is 1.22. The number of hydrogen-bond acceptors (Lipinski definition) is 2. The molecular formula is C13H25NO. The lowest BCUT2D eigenvalue weighted by Crippen LogP contribution is -2.06. The van der Waals surface area contributed by atoms with Crippen molar-refractivity contribution in [3.05, 3.63) is 23.9 Å². The van der Waals surface area contributed by atoms with Crippen molar-refractivity contribution >= 4 is 0 Å². The molecule has 0 saturated heterocycles. The number of rotatable bonds is 2. The summed E-state index contributed by atoms with van der Waals surface area (Å²) in [5, 5.41) is 0. The summed E-state index contributed by atoms with van der Waals surface area (Å²) in [6, 6.07) is 5.76. The van der Waals surface area contributed by atoms with E-state index in [2.05, 4.69) is 4.98 Å². The first-order valence-electron chi connectivity index (χ1n) is 5.79. The molecule has 0 bridgehead atoms. The van der Waals surface area contributed by atoms with Gasteiger partial charge in [-0.25, -0.2) is 4.98 Å². The molecule has 0 N–H and O–H groups in total. The zero-order valence-corrected chi connectivity index (χ0v) is 11.2. The smallest absolute Gasteiger partial charge is 0.213 e. The van der Waals surface area contributed by atoms with Gasteiger partial charge in [0.1, 0.15) is 0 Å².